The van der Waals surface area contributed by atoms with Gasteiger partial charge < -0.3 is 11.1 Å². The lowest BCUT2D eigenvalue weighted by atomic mass is 9.85. The molecule has 0 aromatic heterocycles. The Morgan fingerprint density at radius 3 is 2.84 bits per heavy atom. The Hall–Kier alpha value is -1.13. The molecule has 3 N–H and O–H groups in total. The first-order chi connectivity index (χ1) is 8.56. The number of anilines is 1. The number of carbonyl (C=O) groups excluding carboxylic acids is 1. The molecule has 1 aliphatic rings. The van der Waals surface area contributed by atoms with Crippen molar-refractivity contribution in [3.63, 3.8) is 0 Å². The standard InChI is InChI=1S/C14H19FN2O.ClH/c1-9-5-6-11(15)8-13(9)17-14(18)10-3-2-4-12(16)7-10;/h5-6,8,10,12H,2-4,7,16H2,1H3,(H,17,18);1H. The molecule has 0 aliphatic heterocycles. The molecule has 1 fully saturated rings. The second kappa shape index (κ2) is 6.87. The highest BCUT2D eigenvalue weighted by Crippen LogP contribution is 2.25. The number of aryl methyl sites for hydroxylation is 1. The lowest BCUT2D eigenvalue weighted by molar-refractivity contribution is -0.120. The summed E-state index contributed by atoms with van der Waals surface area (Å²) in [6, 6.07) is 4.53. The van der Waals surface area contributed by atoms with Gasteiger partial charge in [0.1, 0.15) is 5.82 Å². The molecule has 1 saturated carbocycles. The Morgan fingerprint density at radius 2 is 2.16 bits per heavy atom. The van der Waals surface area contributed by atoms with E-state index in [-0.39, 0.29) is 36.1 Å². The molecule has 106 valence electrons. The fourth-order valence-corrected chi connectivity index (χ4v) is 2.43. The van der Waals surface area contributed by atoms with Crippen LogP contribution in [0.4, 0.5) is 10.1 Å². The van der Waals surface area contributed by atoms with E-state index in [1.165, 1.54) is 12.1 Å². The molecule has 2 rings (SSSR count). The molecule has 1 aliphatic carbocycles. The first kappa shape index (κ1) is 15.9. The summed E-state index contributed by atoms with van der Waals surface area (Å²) in [6.45, 7) is 1.85. The van der Waals surface area contributed by atoms with Gasteiger partial charge >= 0.3 is 0 Å². The van der Waals surface area contributed by atoms with Gasteiger partial charge in [-0.05, 0) is 43.9 Å². The van der Waals surface area contributed by atoms with Crippen LogP contribution < -0.4 is 11.1 Å². The van der Waals surface area contributed by atoms with Gasteiger partial charge in [-0.1, -0.05) is 12.5 Å². The summed E-state index contributed by atoms with van der Waals surface area (Å²) in [5, 5.41) is 2.81. The van der Waals surface area contributed by atoms with Crippen LogP contribution in [-0.4, -0.2) is 11.9 Å². The third-order valence-electron chi connectivity index (χ3n) is 3.54. The van der Waals surface area contributed by atoms with Gasteiger partial charge in [0.2, 0.25) is 5.91 Å². The van der Waals surface area contributed by atoms with Gasteiger partial charge in [0.15, 0.2) is 0 Å². The molecule has 0 spiro atoms. The number of halogens is 2. The Kier molecular flexibility index (Phi) is 5.76. The topological polar surface area (TPSA) is 55.1 Å². The van der Waals surface area contributed by atoms with Crippen molar-refractivity contribution in [2.75, 3.05) is 5.32 Å². The van der Waals surface area contributed by atoms with Crippen LogP contribution in [0.3, 0.4) is 0 Å². The second-order valence-electron chi connectivity index (χ2n) is 5.07. The highest BCUT2D eigenvalue weighted by atomic mass is 35.5. The average Bonchev–Trinajstić information content (AvgIpc) is 2.34. The van der Waals surface area contributed by atoms with E-state index in [0.717, 1.165) is 31.2 Å². The Balaban J connectivity index is 0.00000180. The van der Waals surface area contributed by atoms with Gasteiger partial charge in [-0.2, -0.15) is 0 Å². The van der Waals surface area contributed by atoms with Gasteiger partial charge in [-0.3, -0.25) is 4.79 Å². The molecule has 19 heavy (non-hydrogen) atoms. The molecule has 0 saturated heterocycles. The first-order valence-corrected chi connectivity index (χ1v) is 6.39. The van der Waals surface area contributed by atoms with E-state index in [1.807, 2.05) is 6.92 Å². The lowest BCUT2D eigenvalue weighted by Gasteiger charge is -2.25. The van der Waals surface area contributed by atoms with Crippen molar-refractivity contribution >= 4 is 24.0 Å². The summed E-state index contributed by atoms with van der Waals surface area (Å²) in [5.41, 5.74) is 7.29. The average molecular weight is 287 g/mol. The molecular formula is C14H20ClFN2O. The van der Waals surface area contributed by atoms with E-state index in [1.54, 1.807) is 6.07 Å². The quantitative estimate of drug-likeness (QED) is 0.878. The summed E-state index contributed by atoms with van der Waals surface area (Å²) < 4.78 is 13.1. The van der Waals surface area contributed by atoms with Crippen molar-refractivity contribution in [3.05, 3.63) is 29.6 Å². The second-order valence-corrected chi connectivity index (χ2v) is 5.07. The molecule has 1 aromatic carbocycles. The van der Waals surface area contributed by atoms with Crippen molar-refractivity contribution < 1.29 is 9.18 Å². The Morgan fingerprint density at radius 1 is 1.42 bits per heavy atom. The highest BCUT2D eigenvalue weighted by molar-refractivity contribution is 5.93. The van der Waals surface area contributed by atoms with Gasteiger partial charge in [0.05, 0.1) is 0 Å². The van der Waals surface area contributed by atoms with Crippen LogP contribution in [0.15, 0.2) is 18.2 Å². The predicted molar refractivity (Wildman–Crippen MR) is 76.9 cm³/mol. The molecule has 1 amide bonds. The minimum atomic E-state index is -0.337. The number of nitrogens with one attached hydrogen (secondary N) is 1. The number of carbonyl (C=O) groups is 1. The molecule has 0 radical (unpaired) electrons. The number of rotatable bonds is 2. The summed E-state index contributed by atoms with van der Waals surface area (Å²) in [4.78, 5) is 12.1. The molecule has 2 unspecified atom stereocenters. The number of hydrogen-bond donors (Lipinski definition) is 2. The van der Waals surface area contributed by atoms with Gasteiger partial charge in [0, 0.05) is 17.6 Å². The fourth-order valence-electron chi connectivity index (χ4n) is 2.43. The third kappa shape index (κ3) is 4.18. The molecule has 0 bridgehead atoms. The number of nitrogens with two attached hydrogens (primary N) is 1. The zero-order chi connectivity index (χ0) is 13.1. The van der Waals surface area contributed by atoms with Crippen LogP contribution in [-0.2, 0) is 4.79 Å². The number of hydrogen-bond acceptors (Lipinski definition) is 2. The zero-order valence-corrected chi connectivity index (χ0v) is 11.8. The van der Waals surface area contributed by atoms with Crippen LogP contribution in [0.25, 0.3) is 0 Å². The van der Waals surface area contributed by atoms with E-state index in [0.29, 0.717) is 5.69 Å². The molecule has 1 aromatic rings. The number of amides is 1. The van der Waals surface area contributed by atoms with Crippen LogP contribution in [0.2, 0.25) is 0 Å². The van der Waals surface area contributed by atoms with E-state index in [2.05, 4.69) is 5.32 Å². The van der Waals surface area contributed by atoms with E-state index < -0.39 is 0 Å². The maximum absolute atomic E-state index is 13.1. The van der Waals surface area contributed by atoms with Crippen molar-refractivity contribution in [1.82, 2.24) is 0 Å². The zero-order valence-electron chi connectivity index (χ0n) is 11.0. The van der Waals surface area contributed by atoms with Crippen molar-refractivity contribution in [2.45, 2.75) is 38.6 Å². The lowest BCUT2D eigenvalue weighted by Crippen LogP contribution is -2.34. The normalized spacial score (nSPS) is 22.5. The summed E-state index contributed by atoms with van der Waals surface area (Å²) in [6.07, 6.45) is 3.57. The first-order valence-electron chi connectivity index (χ1n) is 6.39. The summed E-state index contributed by atoms with van der Waals surface area (Å²) in [7, 11) is 0. The van der Waals surface area contributed by atoms with Crippen molar-refractivity contribution in [2.24, 2.45) is 11.7 Å². The van der Waals surface area contributed by atoms with Gasteiger partial charge in [-0.15, -0.1) is 12.4 Å². The minimum absolute atomic E-state index is 0. The van der Waals surface area contributed by atoms with Crippen LogP contribution in [0.1, 0.15) is 31.2 Å². The Bertz CT molecular complexity index is 453. The monoisotopic (exact) mass is 286 g/mol. The predicted octanol–water partition coefficient (Wildman–Crippen LogP) is 3.01. The smallest absolute Gasteiger partial charge is 0.227 e. The largest absolute Gasteiger partial charge is 0.328 e. The number of benzene rings is 1. The van der Waals surface area contributed by atoms with E-state index in [4.69, 9.17) is 5.73 Å². The third-order valence-corrected chi connectivity index (χ3v) is 3.54. The van der Waals surface area contributed by atoms with E-state index in [9.17, 15) is 9.18 Å². The molecule has 2 atom stereocenters. The summed E-state index contributed by atoms with van der Waals surface area (Å²) in [5.74, 6) is -0.425. The van der Waals surface area contributed by atoms with Gasteiger partial charge in [-0.25, -0.2) is 4.39 Å². The van der Waals surface area contributed by atoms with Crippen molar-refractivity contribution in [1.29, 1.82) is 0 Å². The Labute approximate surface area is 119 Å². The molecule has 3 nitrogen and oxygen atoms in total. The summed E-state index contributed by atoms with van der Waals surface area (Å²) >= 11 is 0. The fraction of sp³-hybridized carbons (Fsp3) is 0.500. The van der Waals surface area contributed by atoms with Crippen molar-refractivity contribution in [3.8, 4) is 0 Å². The maximum atomic E-state index is 13.1. The minimum Gasteiger partial charge on any atom is -0.328 e. The van der Waals surface area contributed by atoms with Crippen LogP contribution in [0, 0.1) is 18.7 Å². The SMILES string of the molecule is Cc1ccc(F)cc1NC(=O)C1CCCC(N)C1.Cl. The molecule has 0 heterocycles. The molecular weight excluding hydrogens is 267 g/mol. The molecule has 5 heteroatoms. The highest BCUT2D eigenvalue weighted by Gasteiger charge is 2.25. The van der Waals surface area contributed by atoms with Gasteiger partial charge in [0.25, 0.3) is 0 Å². The van der Waals surface area contributed by atoms with E-state index >= 15 is 0 Å². The maximum Gasteiger partial charge on any atom is 0.227 e. The van der Waals surface area contributed by atoms with Crippen LogP contribution >= 0.6 is 12.4 Å². The van der Waals surface area contributed by atoms with Crippen LogP contribution in [0.5, 0.6) is 0 Å².